The van der Waals surface area contributed by atoms with Gasteiger partial charge in [0.15, 0.2) is 0 Å². The van der Waals surface area contributed by atoms with Gasteiger partial charge in [0.05, 0.1) is 17.8 Å². The van der Waals surface area contributed by atoms with Crippen LogP contribution in [0.2, 0.25) is 0 Å². The highest BCUT2D eigenvalue weighted by atomic mass is 16.6. The summed E-state index contributed by atoms with van der Waals surface area (Å²) in [6.07, 6.45) is 8.03. The Kier molecular flexibility index (Phi) is 4.58. The predicted molar refractivity (Wildman–Crippen MR) is 113 cm³/mol. The van der Waals surface area contributed by atoms with Crippen LogP contribution in [0.1, 0.15) is 36.8 Å². The Labute approximate surface area is 170 Å². The summed E-state index contributed by atoms with van der Waals surface area (Å²) in [4.78, 5) is 14.8. The first-order valence-electron chi connectivity index (χ1n) is 10.3. The summed E-state index contributed by atoms with van der Waals surface area (Å²) < 4.78 is 7.57. The van der Waals surface area contributed by atoms with Gasteiger partial charge in [0.2, 0.25) is 0 Å². The largest absolute Gasteiger partial charge is 0.445 e. The molecule has 0 N–H and O–H groups in total. The smallest absolute Gasteiger partial charge is 0.410 e. The van der Waals surface area contributed by atoms with E-state index in [0.29, 0.717) is 6.61 Å². The molecule has 2 atom stereocenters. The highest BCUT2D eigenvalue weighted by Gasteiger charge is 2.38. The topological polar surface area (TPSA) is 47.4 Å². The van der Waals surface area contributed by atoms with Gasteiger partial charge in [0, 0.05) is 18.5 Å². The number of amides is 1. The number of carbonyl (C=O) groups excluding carboxylic acids is 1. The molecular formula is C24H25N3O2. The molecule has 5 nitrogen and oxygen atoms in total. The van der Waals surface area contributed by atoms with E-state index in [2.05, 4.69) is 29.4 Å². The molecule has 29 heavy (non-hydrogen) atoms. The van der Waals surface area contributed by atoms with Crippen molar-refractivity contribution in [2.75, 3.05) is 0 Å². The Hall–Kier alpha value is -3.08. The minimum absolute atomic E-state index is 0.114. The van der Waals surface area contributed by atoms with Gasteiger partial charge >= 0.3 is 6.09 Å². The third kappa shape index (κ3) is 3.41. The second-order valence-corrected chi connectivity index (χ2v) is 8.04. The Morgan fingerprint density at radius 1 is 1.17 bits per heavy atom. The SMILES string of the molecule is Cn1ncc2ccc(C3=CC4CCCC(C3)N4C(=O)OCc3ccccc3)cc21. The van der Waals surface area contributed by atoms with Gasteiger partial charge in [-0.15, -0.1) is 0 Å². The van der Waals surface area contributed by atoms with Gasteiger partial charge in [-0.1, -0.05) is 48.5 Å². The van der Waals surface area contributed by atoms with E-state index in [1.54, 1.807) is 0 Å². The number of fused-ring (bicyclic) bond motifs is 3. The summed E-state index contributed by atoms with van der Waals surface area (Å²) in [6.45, 7) is 0.323. The van der Waals surface area contributed by atoms with Crippen molar-refractivity contribution < 1.29 is 9.53 Å². The highest BCUT2D eigenvalue weighted by Crippen LogP contribution is 2.38. The number of piperidine rings is 1. The number of aromatic nitrogens is 2. The average molecular weight is 387 g/mol. The highest BCUT2D eigenvalue weighted by molar-refractivity contribution is 5.84. The van der Waals surface area contributed by atoms with Crippen molar-refractivity contribution in [2.24, 2.45) is 7.05 Å². The van der Waals surface area contributed by atoms with Crippen molar-refractivity contribution in [3.8, 4) is 0 Å². The summed E-state index contributed by atoms with van der Waals surface area (Å²) in [7, 11) is 1.97. The molecule has 0 saturated carbocycles. The lowest BCUT2D eigenvalue weighted by Crippen LogP contribution is -2.51. The summed E-state index contributed by atoms with van der Waals surface area (Å²) in [6, 6.07) is 16.7. The second kappa shape index (κ2) is 7.39. The molecule has 0 spiro atoms. The van der Waals surface area contributed by atoms with Crippen LogP contribution >= 0.6 is 0 Å². The van der Waals surface area contributed by atoms with E-state index in [1.807, 2.05) is 53.2 Å². The Morgan fingerprint density at radius 3 is 2.86 bits per heavy atom. The molecule has 1 fully saturated rings. The summed E-state index contributed by atoms with van der Waals surface area (Å²) in [5, 5.41) is 5.50. The van der Waals surface area contributed by atoms with E-state index in [1.165, 1.54) is 11.1 Å². The van der Waals surface area contributed by atoms with Crippen LogP contribution in [0, 0.1) is 0 Å². The van der Waals surface area contributed by atoms with Gasteiger partial charge in [-0.3, -0.25) is 9.58 Å². The zero-order chi connectivity index (χ0) is 19.8. The molecule has 2 aliphatic heterocycles. The molecule has 0 aliphatic carbocycles. The van der Waals surface area contributed by atoms with E-state index in [0.717, 1.165) is 42.1 Å². The van der Waals surface area contributed by atoms with Crippen molar-refractivity contribution in [3.63, 3.8) is 0 Å². The van der Waals surface area contributed by atoms with Crippen LogP contribution in [0.5, 0.6) is 0 Å². The molecule has 1 saturated heterocycles. The van der Waals surface area contributed by atoms with Crippen molar-refractivity contribution in [3.05, 3.63) is 71.9 Å². The zero-order valence-electron chi connectivity index (χ0n) is 16.6. The van der Waals surface area contributed by atoms with Gasteiger partial charge in [0.25, 0.3) is 0 Å². The molecule has 0 radical (unpaired) electrons. The number of ether oxygens (including phenoxy) is 1. The Balaban J connectivity index is 1.37. The molecule has 1 amide bonds. The fraction of sp³-hybridized carbons (Fsp3) is 0.333. The third-order valence-corrected chi connectivity index (χ3v) is 6.17. The molecule has 2 aromatic carbocycles. The maximum absolute atomic E-state index is 12.9. The van der Waals surface area contributed by atoms with Crippen LogP contribution in [0.15, 0.2) is 60.8 Å². The fourth-order valence-electron chi connectivity index (χ4n) is 4.67. The third-order valence-electron chi connectivity index (χ3n) is 6.17. The number of carbonyl (C=O) groups is 1. The molecular weight excluding hydrogens is 362 g/mol. The Bertz CT molecular complexity index is 1070. The molecule has 3 aromatic rings. The first kappa shape index (κ1) is 18.0. The number of nitrogens with zero attached hydrogens (tertiary/aromatic N) is 3. The van der Waals surface area contributed by atoms with Crippen LogP contribution in [0.4, 0.5) is 4.79 Å². The molecule has 1 aromatic heterocycles. The van der Waals surface area contributed by atoms with Gasteiger partial charge in [-0.2, -0.15) is 5.10 Å². The number of aryl methyl sites for hydroxylation is 1. The van der Waals surface area contributed by atoms with E-state index in [4.69, 9.17) is 4.74 Å². The van der Waals surface area contributed by atoms with Crippen molar-refractivity contribution >= 4 is 22.6 Å². The van der Waals surface area contributed by atoms with E-state index in [9.17, 15) is 4.79 Å². The molecule has 3 heterocycles. The summed E-state index contributed by atoms with van der Waals surface area (Å²) in [5.74, 6) is 0. The minimum atomic E-state index is -0.194. The first-order valence-corrected chi connectivity index (χ1v) is 10.3. The maximum Gasteiger partial charge on any atom is 0.410 e. The number of rotatable bonds is 3. The summed E-state index contributed by atoms with van der Waals surface area (Å²) in [5.41, 5.74) is 4.72. The van der Waals surface area contributed by atoms with Crippen LogP contribution in [-0.2, 0) is 18.4 Å². The number of hydrogen-bond donors (Lipinski definition) is 0. The number of hydrogen-bond acceptors (Lipinski definition) is 3. The quantitative estimate of drug-likeness (QED) is 0.641. The molecule has 5 rings (SSSR count). The van der Waals surface area contributed by atoms with Crippen LogP contribution < -0.4 is 0 Å². The van der Waals surface area contributed by atoms with Gasteiger partial charge in [0.1, 0.15) is 6.61 Å². The lowest BCUT2D eigenvalue weighted by atomic mass is 9.83. The standard InChI is InChI=1S/C24H25N3O2/c1-26-23-14-18(10-11-19(23)15-25-26)20-12-21-8-5-9-22(13-20)27(21)24(28)29-16-17-6-3-2-4-7-17/h2-4,6-7,10-12,14-15,21-22H,5,8-9,13,16H2,1H3. The van der Waals surface area contributed by atoms with Crippen LogP contribution in [0.25, 0.3) is 16.5 Å². The average Bonchev–Trinajstić information content (AvgIpc) is 3.12. The lowest BCUT2D eigenvalue weighted by molar-refractivity contribution is 0.0510. The van der Waals surface area contributed by atoms with Gasteiger partial charge in [-0.25, -0.2) is 4.79 Å². The second-order valence-electron chi connectivity index (χ2n) is 8.04. The van der Waals surface area contributed by atoms with E-state index >= 15 is 0 Å². The first-order chi connectivity index (χ1) is 14.2. The monoisotopic (exact) mass is 387 g/mol. The molecule has 2 unspecified atom stereocenters. The van der Waals surface area contributed by atoms with Crippen molar-refractivity contribution in [2.45, 2.75) is 44.4 Å². The van der Waals surface area contributed by atoms with E-state index in [-0.39, 0.29) is 18.2 Å². The van der Waals surface area contributed by atoms with Gasteiger partial charge < -0.3 is 4.74 Å². The molecule has 2 bridgehead atoms. The number of benzene rings is 2. The van der Waals surface area contributed by atoms with Gasteiger partial charge in [-0.05, 0) is 48.4 Å². The van der Waals surface area contributed by atoms with Crippen LogP contribution in [0.3, 0.4) is 0 Å². The van der Waals surface area contributed by atoms with Crippen molar-refractivity contribution in [1.82, 2.24) is 14.7 Å². The van der Waals surface area contributed by atoms with Crippen molar-refractivity contribution in [1.29, 1.82) is 0 Å². The normalized spacial score (nSPS) is 21.1. The molecule has 2 aliphatic rings. The predicted octanol–water partition coefficient (Wildman–Crippen LogP) is 4.92. The molecule has 148 valence electrons. The zero-order valence-corrected chi connectivity index (χ0v) is 16.6. The fourth-order valence-corrected chi connectivity index (χ4v) is 4.67. The molecule has 5 heteroatoms. The van der Waals surface area contributed by atoms with Crippen LogP contribution in [-0.4, -0.2) is 32.9 Å². The van der Waals surface area contributed by atoms with E-state index < -0.39 is 0 Å². The Morgan fingerprint density at radius 2 is 2.03 bits per heavy atom. The summed E-state index contributed by atoms with van der Waals surface area (Å²) >= 11 is 0. The minimum Gasteiger partial charge on any atom is -0.445 e. The lowest BCUT2D eigenvalue weighted by Gasteiger charge is -2.44. The maximum atomic E-state index is 12.9.